The van der Waals surface area contributed by atoms with Crippen molar-refractivity contribution in [1.82, 2.24) is 5.32 Å². The molecule has 2 bridgehead atoms. The Labute approximate surface area is 112 Å². The SMILES string of the molecule is CC1(C)C(NCC2(CCO)CC2)[C@]2(C)CC[C@H]1C2. The van der Waals surface area contributed by atoms with Crippen molar-refractivity contribution in [3.05, 3.63) is 0 Å². The molecule has 1 unspecified atom stereocenters. The second-order valence-electron chi connectivity index (χ2n) is 8.20. The Balaban J connectivity index is 1.66. The van der Waals surface area contributed by atoms with Gasteiger partial charge in [-0.25, -0.2) is 0 Å². The maximum Gasteiger partial charge on any atom is 0.0436 e. The Morgan fingerprint density at radius 2 is 1.89 bits per heavy atom. The molecule has 18 heavy (non-hydrogen) atoms. The first-order valence-corrected chi connectivity index (χ1v) is 7.76. The van der Waals surface area contributed by atoms with E-state index in [2.05, 4.69) is 26.1 Å². The molecule has 2 nitrogen and oxygen atoms in total. The number of aliphatic hydroxyl groups is 1. The lowest BCUT2D eigenvalue weighted by Crippen LogP contribution is -2.51. The Kier molecular flexibility index (Phi) is 2.84. The molecule has 0 aromatic heterocycles. The molecule has 0 saturated heterocycles. The smallest absolute Gasteiger partial charge is 0.0436 e. The minimum Gasteiger partial charge on any atom is -0.396 e. The third kappa shape index (κ3) is 1.84. The first kappa shape index (κ1) is 12.9. The van der Waals surface area contributed by atoms with Crippen LogP contribution in [0.25, 0.3) is 0 Å². The maximum atomic E-state index is 9.16. The van der Waals surface area contributed by atoms with Crippen LogP contribution in [0.4, 0.5) is 0 Å². The minimum atomic E-state index is 0.357. The zero-order valence-corrected chi connectivity index (χ0v) is 12.3. The summed E-state index contributed by atoms with van der Waals surface area (Å²) in [4.78, 5) is 0. The van der Waals surface area contributed by atoms with Crippen LogP contribution < -0.4 is 5.32 Å². The quantitative estimate of drug-likeness (QED) is 0.787. The van der Waals surface area contributed by atoms with E-state index < -0.39 is 0 Å². The number of rotatable bonds is 5. The molecule has 0 radical (unpaired) electrons. The Morgan fingerprint density at radius 3 is 2.39 bits per heavy atom. The predicted octanol–water partition coefficient (Wildman–Crippen LogP) is 2.95. The fourth-order valence-corrected chi connectivity index (χ4v) is 5.06. The fraction of sp³-hybridized carbons (Fsp3) is 1.00. The molecule has 3 rings (SSSR count). The van der Waals surface area contributed by atoms with Crippen LogP contribution in [0.5, 0.6) is 0 Å². The molecular weight excluding hydrogens is 222 g/mol. The van der Waals surface area contributed by atoms with E-state index in [1.807, 2.05) is 0 Å². The minimum absolute atomic E-state index is 0.357. The molecule has 0 aromatic carbocycles. The second-order valence-corrected chi connectivity index (χ2v) is 8.20. The molecule has 0 aromatic rings. The summed E-state index contributed by atoms with van der Waals surface area (Å²) in [6.07, 6.45) is 7.88. The van der Waals surface area contributed by atoms with Gasteiger partial charge in [0.05, 0.1) is 0 Å². The fourth-order valence-electron chi connectivity index (χ4n) is 5.06. The van der Waals surface area contributed by atoms with E-state index >= 15 is 0 Å². The van der Waals surface area contributed by atoms with E-state index in [0.29, 0.717) is 28.9 Å². The molecule has 2 heteroatoms. The van der Waals surface area contributed by atoms with Gasteiger partial charge in [0.2, 0.25) is 0 Å². The maximum absolute atomic E-state index is 9.16. The average molecular weight is 251 g/mol. The average Bonchev–Trinajstić information content (AvgIpc) is 2.87. The summed E-state index contributed by atoms with van der Waals surface area (Å²) in [6, 6.07) is 0.680. The molecule has 0 aliphatic heterocycles. The van der Waals surface area contributed by atoms with Crippen LogP contribution in [0.3, 0.4) is 0 Å². The summed E-state index contributed by atoms with van der Waals surface area (Å²) in [5, 5.41) is 13.1. The highest BCUT2D eigenvalue weighted by Crippen LogP contribution is 2.62. The number of fused-ring (bicyclic) bond motifs is 2. The van der Waals surface area contributed by atoms with Gasteiger partial charge < -0.3 is 10.4 Å². The van der Waals surface area contributed by atoms with Crippen molar-refractivity contribution in [3.8, 4) is 0 Å². The highest BCUT2D eigenvalue weighted by Gasteiger charge is 2.59. The normalized spacial score (nSPS) is 43.3. The third-order valence-corrected chi connectivity index (χ3v) is 6.55. The Hall–Kier alpha value is -0.0800. The van der Waals surface area contributed by atoms with Crippen molar-refractivity contribution < 1.29 is 5.11 Å². The van der Waals surface area contributed by atoms with E-state index in [9.17, 15) is 0 Å². The predicted molar refractivity (Wildman–Crippen MR) is 74.4 cm³/mol. The van der Waals surface area contributed by atoms with Gasteiger partial charge in [-0.1, -0.05) is 20.8 Å². The van der Waals surface area contributed by atoms with Gasteiger partial charge in [0.15, 0.2) is 0 Å². The molecule has 3 fully saturated rings. The van der Waals surface area contributed by atoms with E-state index in [-0.39, 0.29) is 0 Å². The standard InChI is InChI=1S/C16H29NO/c1-14(2)12-4-5-15(3,10-12)13(14)17-11-16(6-7-16)8-9-18/h12-13,17-18H,4-11H2,1-3H3/t12-,13?,15+/m0/s1. The van der Waals surface area contributed by atoms with Gasteiger partial charge in [0.25, 0.3) is 0 Å². The van der Waals surface area contributed by atoms with Crippen LogP contribution in [0.1, 0.15) is 59.3 Å². The second kappa shape index (κ2) is 3.96. The lowest BCUT2D eigenvalue weighted by molar-refractivity contribution is 0.101. The van der Waals surface area contributed by atoms with Gasteiger partial charge in [0, 0.05) is 19.2 Å². The van der Waals surface area contributed by atoms with Crippen molar-refractivity contribution in [2.45, 2.75) is 65.3 Å². The monoisotopic (exact) mass is 251 g/mol. The highest BCUT2D eigenvalue weighted by atomic mass is 16.3. The van der Waals surface area contributed by atoms with E-state index in [0.717, 1.165) is 18.9 Å². The highest BCUT2D eigenvalue weighted by molar-refractivity contribution is 5.12. The summed E-state index contributed by atoms with van der Waals surface area (Å²) in [6.45, 7) is 8.90. The molecule has 3 atom stereocenters. The largest absolute Gasteiger partial charge is 0.396 e. The molecule has 3 saturated carbocycles. The number of nitrogens with one attached hydrogen (secondary N) is 1. The summed E-state index contributed by atoms with van der Waals surface area (Å²) in [7, 11) is 0. The van der Waals surface area contributed by atoms with Crippen molar-refractivity contribution in [2.24, 2.45) is 22.2 Å². The van der Waals surface area contributed by atoms with E-state index in [1.165, 1.54) is 32.1 Å². The first-order valence-electron chi connectivity index (χ1n) is 7.76. The summed E-state index contributed by atoms with van der Waals surface area (Å²) < 4.78 is 0. The van der Waals surface area contributed by atoms with Crippen molar-refractivity contribution in [1.29, 1.82) is 0 Å². The third-order valence-electron chi connectivity index (χ3n) is 6.55. The van der Waals surface area contributed by atoms with Gasteiger partial charge in [-0.2, -0.15) is 0 Å². The van der Waals surface area contributed by atoms with Crippen molar-refractivity contribution >= 4 is 0 Å². The molecule has 3 aliphatic carbocycles. The van der Waals surface area contributed by atoms with E-state index in [1.54, 1.807) is 0 Å². The number of hydrogen-bond acceptors (Lipinski definition) is 2. The lowest BCUT2D eigenvalue weighted by atomic mass is 9.68. The van der Waals surface area contributed by atoms with Gasteiger partial charge in [-0.05, 0) is 60.7 Å². The van der Waals surface area contributed by atoms with Crippen LogP contribution in [0.2, 0.25) is 0 Å². The summed E-state index contributed by atoms with van der Waals surface area (Å²) in [5.41, 5.74) is 1.44. The Bertz CT molecular complexity index is 329. The zero-order valence-electron chi connectivity index (χ0n) is 12.3. The van der Waals surface area contributed by atoms with Crippen LogP contribution >= 0.6 is 0 Å². The summed E-state index contributed by atoms with van der Waals surface area (Å²) >= 11 is 0. The molecule has 3 aliphatic rings. The topological polar surface area (TPSA) is 32.3 Å². The van der Waals surface area contributed by atoms with Crippen LogP contribution in [-0.2, 0) is 0 Å². The number of hydrogen-bond donors (Lipinski definition) is 2. The van der Waals surface area contributed by atoms with Crippen molar-refractivity contribution in [3.63, 3.8) is 0 Å². The number of aliphatic hydroxyl groups excluding tert-OH is 1. The van der Waals surface area contributed by atoms with Crippen molar-refractivity contribution in [2.75, 3.05) is 13.2 Å². The van der Waals surface area contributed by atoms with Crippen LogP contribution in [0, 0.1) is 22.2 Å². The lowest BCUT2D eigenvalue weighted by Gasteiger charge is -2.44. The molecular formula is C16H29NO. The van der Waals surface area contributed by atoms with E-state index in [4.69, 9.17) is 5.11 Å². The Morgan fingerprint density at radius 1 is 1.17 bits per heavy atom. The summed E-state index contributed by atoms with van der Waals surface area (Å²) in [5.74, 6) is 0.924. The zero-order chi connectivity index (χ0) is 13.0. The molecule has 2 N–H and O–H groups in total. The molecule has 104 valence electrons. The first-order chi connectivity index (χ1) is 8.42. The van der Waals surface area contributed by atoms with Crippen LogP contribution in [-0.4, -0.2) is 24.3 Å². The van der Waals surface area contributed by atoms with Gasteiger partial charge >= 0.3 is 0 Å². The molecule has 0 amide bonds. The van der Waals surface area contributed by atoms with Crippen LogP contribution in [0.15, 0.2) is 0 Å². The van der Waals surface area contributed by atoms with Gasteiger partial charge in [-0.15, -0.1) is 0 Å². The van der Waals surface area contributed by atoms with Gasteiger partial charge in [0.1, 0.15) is 0 Å². The molecule has 0 heterocycles. The van der Waals surface area contributed by atoms with Gasteiger partial charge in [-0.3, -0.25) is 0 Å². The molecule has 0 spiro atoms.